The highest BCUT2D eigenvalue weighted by Crippen LogP contribution is 2.27. The zero-order valence-corrected chi connectivity index (χ0v) is 15.2. The van der Waals surface area contributed by atoms with Gasteiger partial charge in [-0.15, -0.1) is 0 Å². The van der Waals surface area contributed by atoms with Crippen LogP contribution in [0.4, 0.5) is 5.69 Å². The number of rotatable bonds is 3. The van der Waals surface area contributed by atoms with Crippen molar-refractivity contribution in [3.05, 3.63) is 41.8 Å². The van der Waals surface area contributed by atoms with Crippen molar-refractivity contribution in [2.75, 3.05) is 31.1 Å². The van der Waals surface area contributed by atoms with Crippen molar-refractivity contribution in [3.63, 3.8) is 0 Å². The van der Waals surface area contributed by atoms with E-state index >= 15 is 0 Å². The van der Waals surface area contributed by atoms with Crippen LogP contribution in [0.2, 0.25) is 0 Å². The molecule has 0 atom stereocenters. The fourth-order valence-electron chi connectivity index (χ4n) is 3.74. The summed E-state index contributed by atoms with van der Waals surface area (Å²) in [5.74, 6) is 0.868. The molecule has 25 heavy (non-hydrogen) atoms. The van der Waals surface area contributed by atoms with Crippen LogP contribution in [0.1, 0.15) is 33.1 Å². The van der Waals surface area contributed by atoms with Gasteiger partial charge in [-0.05, 0) is 38.5 Å². The molecule has 4 nitrogen and oxygen atoms in total. The average molecular weight is 336 g/mol. The number of benzene rings is 2. The number of piperidine rings is 1. The number of hydrogen-bond acceptors (Lipinski definition) is 3. The minimum absolute atomic E-state index is 0.854. The summed E-state index contributed by atoms with van der Waals surface area (Å²) in [5.41, 5.74) is 3.88. The quantitative estimate of drug-likeness (QED) is 0.539. The van der Waals surface area contributed by atoms with Gasteiger partial charge in [-0.25, -0.2) is 9.56 Å². The van der Waals surface area contributed by atoms with E-state index in [1.54, 1.807) is 0 Å². The number of fused-ring (bicyclic) bond motifs is 2. The molecule has 0 spiro atoms. The van der Waals surface area contributed by atoms with Crippen molar-refractivity contribution < 1.29 is 4.42 Å². The Bertz CT molecular complexity index is 916. The van der Waals surface area contributed by atoms with Crippen LogP contribution in [0.25, 0.3) is 22.6 Å². The summed E-state index contributed by atoms with van der Waals surface area (Å²) < 4.78 is 8.70. The molecule has 130 valence electrons. The van der Waals surface area contributed by atoms with Gasteiger partial charge in [0.25, 0.3) is 0 Å². The normalized spacial score (nSPS) is 15.0. The van der Waals surface area contributed by atoms with Gasteiger partial charge in [0.1, 0.15) is 24.3 Å². The van der Waals surface area contributed by atoms with E-state index in [1.165, 1.54) is 30.3 Å². The number of nitrogens with zero attached hydrogens (tertiary/aromatic N) is 3. The molecule has 4 rings (SSSR count). The van der Waals surface area contributed by atoms with Crippen LogP contribution in [0.15, 0.2) is 40.8 Å². The molecule has 0 saturated carbocycles. The first kappa shape index (κ1) is 16.1. The van der Waals surface area contributed by atoms with Crippen LogP contribution in [-0.2, 0) is 0 Å². The molecule has 0 N–H and O–H groups in total. The van der Waals surface area contributed by atoms with Gasteiger partial charge in [-0.2, -0.15) is 0 Å². The van der Waals surface area contributed by atoms with E-state index in [1.807, 2.05) is 0 Å². The summed E-state index contributed by atoms with van der Waals surface area (Å²) in [6.07, 6.45) is 3.89. The molecule has 2 aliphatic heterocycles. The van der Waals surface area contributed by atoms with E-state index in [4.69, 9.17) is 9.40 Å². The lowest BCUT2D eigenvalue weighted by Gasteiger charge is -2.21. The Morgan fingerprint density at radius 1 is 1.00 bits per heavy atom. The van der Waals surface area contributed by atoms with Crippen LogP contribution in [-0.4, -0.2) is 31.2 Å². The Labute approximate surface area is 148 Å². The Kier molecular flexibility index (Phi) is 4.43. The van der Waals surface area contributed by atoms with Crippen molar-refractivity contribution >= 4 is 16.8 Å². The Morgan fingerprint density at radius 2 is 1.80 bits per heavy atom. The maximum absolute atomic E-state index is 6.24. The van der Waals surface area contributed by atoms with Gasteiger partial charge in [0.05, 0.1) is 6.07 Å². The molecule has 0 bridgehead atoms. The highest BCUT2D eigenvalue weighted by Gasteiger charge is 2.15. The minimum Gasteiger partial charge on any atom is -0.452 e. The van der Waals surface area contributed by atoms with Gasteiger partial charge >= 0.3 is 0 Å². The lowest BCUT2D eigenvalue weighted by Crippen LogP contribution is -2.34. The van der Waals surface area contributed by atoms with Crippen molar-refractivity contribution in [3.8, 4) is 11.5 Å². The Morgan fingerprint density at radius 3 is 2.56 bits per heavy atom. The lowest BCUT2D eigenvalue weighted by molar-refractivity contribution is 0.451. The van der Waals surface area contributed by atoms with E-state index in [0.717, 1.165) is 48.7 Å². The van der Waals surface area contributed by atoms with Gasteiger partial charge in [-0.3, -0.25) is 0 Å². The fraction of sp³-hybridized carbons (Fsp3) is 0.429. The molecule has 1 saturated heterocycles. The second-order valence-electron chi connectivity index (χ2n) is 6.74. The molecule has 2 heterocycles. The van der Waals surface area contributed by atoms with Gasteiger partial charge in [-0.1, -0.05) is 0 Å². The number of anilines is 1. The van der Waals surface area contributed by atoms with Gasteiger partial charge in [0.2, 0.25) is 5.36 Å². The third-order valence-electron chi connectivity index (χ3n) is 5.20. The molecule has 1 aromatic carbocycles. The molecular formula is C21H26N3O+. The van der Waals surface area contributed by atoms with E-state index in [0.29, 0.717) is 0 Å². The predicted octanol–water partition coefficient (Wildman–Crippen LogP) is 3.73. The minimum atomic E-state index is 0.854. The summed E-state index contributed by atoms with van der Waals surface area (Å²) in [6, 6.07) is 12.7. The lowest BCUT2D eigenvalue weighted by atomic mass is 10.1. The number of aromatic nitrogens is 1. The molecule has 4 heteroatoms. The molecule has 0 amide bonds. The van der Waals surface area contributed by atoms with Gasteiger partial charge in [0.15, 0.2) is 11.3 Å². The third-order valence-corrected chi connectivity index (χ3v) is 5.20. The summed E-state index contributed by atoms with van der Waals surface area (Å²) in [5, 5.41) is 1.25. The first-order chi connectivity index (χ1) is 12.3. The topological polar surface area (TPSA) is 32.3 Å². The fourth-order valence-corrected chi connectivity index (χ4v) is 3.74. The van der Waals surface area contributed by atoms with Crippen molar-refractivity contribution in [2.24, 2.45) is 0 Å². The maximum atomic E-state index is 6.24. The first-order valence-corrected chi connectivity index (χ1v) is 9.46. The van der Waals surface area contributed by atoms with Crippen LogP contribution in [0.5, 0.6) is 0 Å². The highest BCUT2D eigenvalue weighted by molar-refractivity contribution is 5.80. The van der Waals surface area contributed by atoms with Crippen molar-refractivity contribution in [1.82, 2.24) is 9.56 Å². The average Bonchev–Trinajstić information content (AvgIpc) is 2.67. The summed E-state index contributed by atoms with van der Waals surface area (Å²) in [6.45, 7) is 8.60. The van der Waals surface area contributed by atoms with Gasteiger partial charge < -0.3 is 9.32 Å². The van der Waals surface area contributed by atoms with Crippen LogP contribution >= 0.6 is 0 Å². The smallest absolute Gasteiger partial charge is 0.203 e. The summed E-state index contributed by atoms with van der Waals surface area (Å²) in [4.78, 5) is 7.11. The van der Waals surface area contributed by atoms with E-state index < -0.39 is 0 Å². The molecule has 1 fully saturated rings. The van der Waals surface area contributed by atoms with Crippen molar-refractivity contribution in [1.29, 1.82) is 0 Å². The van der Waals surface area contributed by atoms with E-state index in [2.05, 4.69) is 59.7 Å². The summed E-state index contributed by atoms with van der Waals surface area (Å²) in [7, 11) is 0. The standard InChI is InChI=1S/C21H26N3O/c1-3-23(4-2)16-8-10-18-20(14-16)25-21-15-17(9-11-19(21)22-18)24-12-6-5-7-13-24/h8-11,14-15H,3-7,12-13H2,1-2H3/q+1. The second-order valence-corrected chi connectivity index (χ2v) is 6.74. The molecule has 0 aromatic heterocycles. The predicted molar refractivity (Wildman–Crippen MR) is 103 cm³/mol. The Balaban J connectivity index is 1.84. The third kappa shape index (κ3) is 3.13. The van der Waals surface area contributed by atoms with Crippen LogP contribution in [0, 0.1) is 0 Å². The molecular weight excluding hydrogens is 310 g/mol. The SMILES string of the molecule is CCN(CC)c1ccc2nc3ccc(=[N+]4CCCCC4)cc-3oc2c1. The second kappa shape index (κ2) is 6.87. The monoisotopic (exact) mass is 336 g/mol. The van der Waals surface area contributed by atoms with E-state index in [-0.39, 0.29) is 0 Å². The molecule has 1 aromatic rings. The molecule has 3 aliphatic rings. The molecule has 0 radical (unpaired) electrons. The number of hydrogen-bond donors (Lipinski definition) is 0. The maximum Gasteiger partial charge on any atom is 0.203 e. The zero-order chi connectivity index (χ0) is 17.2. The summed E-state index contributed by atoms with van der Waals surface area (Å²) >= 11 is 0. The molecule has 1 aliphatic carbocycles. The van der Waals surface area contributed by atoms with Crippen molar-refractivity contribution in [2.45, 2.75) is 33.1 Å². The first-order valence-electron chi connectivity index (χ1n) is 9.46. The van der Waals surface area contributed by atoms with Crippen LogP contribution in [0.3, 0.4) is 0 Å². The van der Waals surface area contributed by atoms with Gasteiger partial charge in [0, 0.05) is 43.8 Å². The largest absolute Gasteiger partial charge is 0.452 e. The Hall–Kier alpha value is -2.36. The van der Waals surface area contributed by atoms with Crippen LogP contribution < -0.4 is 14.8 Å². The molecule has 0 unspecified atom stereocenters. The zero-order valence-electron chi connectivity index (χ0n) is 15.2. The highest BCUT2D eigenvalue weighted by atomic mass is 16.3. The van der Waals surface area contributed by atoms with E-state index in [9.17, 15) is 0 Å².